The number of aromatic nitrogens is 2. The van der Waals surface area contributed by atoms with E-state index in [1.807, 2.05) is 19.0 Å². The molecule has 1 aliphatic carbocycles. The van der Waals surface area contributed by atoms with Crippen LogP contribution in [-0.2, 0) is 19.4 Å². The van der Waals surface area contributed by atoms with Crippen LogP contribution < -0.4 is 0 Å². The van der Waals surface area contributed by atoms with Gasteiger partial charge in [0, 0.05) is 19.3 Å². The van der Waals surface area contributed by atoms with Crippen LogP contribution in [0.1, 0.15) is 39.3 Å². The molecule has 124 valence electrons. The summed E-state index contributed by atoms with van der Waals surface area (Å²) in [5, 5.41) is 2.18. The number of imidazole rings is 1. The molecule has 3 rings (SSSR count). The number of thiophene rings is 1. The van der Waals surface area contributed by atoms with Crippen molar-refractivity contribution < 1.29 is 4.79 Å². The Bertz CT molecular complexity index is 648. The number of nitrogens with one attached hydrogen (secondary N) is 1. The Kier molecular flexibility index (Phi) is 5.13. The zero-order chi connectivity index (χ0) is 16.2. The summed E-state index contributed by atoms with van der Waals surface area (Å²) >= 11 is 1.62. The first kappa shape index (κ1) is 16.2. The lowest BCUT2D eigenvalue weighted by Crippen LogP contribution is -2.36. The number of rotatable bonds is 6. The quantitative estimate of drug-likeness (QED) is 0.884. The molecular weight excluding hydrogens is 308 g/mol. The van der Waals surface area contributed by atoms with Gasteiger partial charge in [-0.25, -0.2) is 4.98 Å². The molecular formula is C17H24N4OS. The van der Waals surface area contributed by atoms with Crippen LogP contribution in [0.3, 0.4) is 0 Å². The van der Waals surface area contributed by atoms with Gasteiger partial charge >= 0.3 is 0 Å². The summed E-state index contributed by atoms with van der Waals surface area (Å²) in [7, 11) is 4.07. The predicted octanol–water partition coefficient (Wildman–Crippen LogP) is 2.55. The monoisotopic (exact) mass is 332 g/mol. The number of fused-ring (bicyclic) bond motifs is 1. The highest BCUT2D eigenvalue weighted by atomic mass is 32.1. The predicted molar refractivity (Wildman–Crippen MR) is 92.8 cm³/mol. The molecule has 23 heavy (non-hydrogen) atoms. The highest BCUT2D eigenvalue weighted by Gasteiger charge is 2.24. The third-order valence-corrected chi connectivity index (χ3v) is 5.38. The lowest BCUT2D eigenvalue weighted by molar-refractivity contribution is 0.0733. The molecule has 5 nitrogen and oxygen atoms in total. The number of carbonyl (C=O) groups excluding carboxylic acids is 1. The van der Waals surface area contributed by atoms with E-state index in [1.54, 1.807) is 23.9 Å². The van der Waals surface area contributed by atoms with Crippen LogP contribution in [0.5, 0.6) is 0 Å². The van der Waals surface area contributed by atoms with E-state index in [0.717, 1.165) is 36.5 Å². The molecule has 0 fully saturated rings. The van der Waals surface area contributed by atoms with E-state index in [1.165, 1.54) is 24.0 Å². The Balaban J connectivity index is 1.80. The van der Waals surface area contributed by atoms with Crippen LogP contribution in [0.2, 0.25) is 0 Å². The second-order valence-electron chi connectivity index (χ2n) is 6.38. The summed E-state index contributed by atoms with van der Waals surface area (Å²) in [5.41, 5.74) is 3.66. The van der Waals surface area contributed by atoms with E-state index in [-0.39, 0.29) is 5.91 Å². The van der Waals surface area contributed by atoms with Crippen molar-refractivity contribution in [1.82, 2.24) is 19.8 Å². The average molecular weight is 332 g/mol. The molecule has 0 atom stereocenters. The van der Waals surface area contributed by atoms with Gasteiger partial charge in [0.05, 0.1) is 23.4 Å². The molecule has 2 heterocycles. The molecule has 0 unspecified atom stereocenters. The van der Waals surface area contributed by atoms with Crippen LogP contribution in [0.15, 0.2) is 17.9 Å². The van der Waals surface area contributed by atoms with Gasteiger partial charge in [0.2, 0.25) is 0 Å². The Morgan fingerprint density at radius 3 is 2.87 bits per heavy atom. The first-order valence-corrected chi connectivity index (χ1v) is 9.03. The Morgan fingerprint density at radius 1 is 1.30 bits per heavy atom. The molecule has 0 saturated carbocycles. The number of carbonyl (C=O) groups is 1. The Hall–Kier alpha value is -1.66. The standard InChI is InChI=1S/C17H24N4OS/c1-20(2)7-8-21(10-14-9-18-12-19-14)17(22)16-15-6-4-3-5-13(15)11-23-16/h9,11-12H,3-8,10H2,1-2H3,(H,18,19). The van der Waals surface area contributed by atoms with Crippen molar-refractivity contribution in [2.45, 2.75) is 32.2 Å². The largest absolute Gasteiger partial charge is 0.347 e. The highest BCUT2D eigenvalue weighted by Crippen LogP contribution is 2.31. The topological polar surface area (TPSA) is 52.2 Å². The molecule has 0 saturated heterocycles. The SMILES string of the molecule is CN(C)CCN(Cc1cnc[nH]1)C(=O)c1scc2c1CCCC2. The molecule has 1 N–H and O–H groups in total. The van der Waals surface area contributed by atoms with E-state index in [0.29, 0.717) is 6.54 Å². The van der Waals surface area contributed by atoms with Crippen molar-refractivity contribution in [2.75, 3.05) is 27.2 Å². The average Bonchev–Trinajstić information content (AvgIpc) is 3.20. The van der Waals surface area contributed by atoms with Gasteiger partial charge in [0.1, 0.15) is 0 Å². The van der Waals surface area contributed by atoms with Crippen molar-refractivity contribution >= 4 is 17.2 Å². The summed E-state index contributed by atoms with van der Waals surface area (Å²) in [6.45, 7) is 2.16. The molecule has 1 amide bonds. The lowest BCUT2D eigenvalue weighted by atomic mass is 9.93. The molecule has 0 aliphatic heterocycles. The molecule has 0 radical (unpaired) electrons. The lowest BCUT2D eigenvalue weighted by Gasteiger charge is -2.24. The van der Waals surface area contributed by atoms with Crippen LogP contribution in [0.25, 0.3) is 0 Å². The number of likely N-dealkylation sites (N-methyl/N-ethyl adjacent to an activating group) is 1. The molecule has 0 spiro atoms. The fraction of sp³-hybridized carbons (Fsp3) is 0.529. The van der Waals surface area contributed by atoms with Gasteiger partial charge in [-0.15, -0.1) is 11.3 Å². The van der Waals surface area contributed by atoms with Gasteiger partial charge in [-0.1, -0.05) is 0 Å². The van der Waals surface area contributed by atoms with E-state index in [9.17, 15) is 4.79 Å². The van der Waals surface area contributed by atoms with Crippen LogP contribution in [0, 0.1) is 0 Å². The summed E-state index contributed by atoms with van der Waals surface area (Å²) in [6.07, 6.45) is 8.07. The van der Waals surface area contributed by atoms with Crippen LogP contribution in [0.4, 0.5) is 0 Å². The maximum atomic E-state index is 13.1. The number of aromatic amines is 1. The second kappa shape index (κ2) is 7.27. The van der Waals surface area contributed by atoms with Crippen molar-refractivity contribution in [1.29, 1.82) is 0 Å². The van der Waals surface area contributed by atoms with E-state index in [2.05, 4.69) is 20.2 Å². The molecule has 0 aromatic carbocycles. The number of hydrogen-bond donors (Lipinski definition) is 1. The first-order valence-electron chi connectivity index (χ1n) is 8.15. The second-order valence-corrected chi connectivity index (χ2v) is 7.26. The Morgan fingerprint density at radius 2 is 2.13 bits per heavy atom. The molecule has 1 aliphatic rings. The van der Waals surface area contributed by atoms with Gasteiger partial charge in [-0.2, -0.15) is 0 Å². The summed E-state index contributed by atoms with van der Waals surface area (Å²) in [5.74, 6) is 0.162. The highest BCUT2D eigenvalue weighted by molar-refractivity contribution is 7.12. The number of amides is 1. The van der Waals surface area contributed by atoms with Gasteiger partial charge < -0.3 is 14.8 Å². The third kappa shape index (κ3) is 3.82. The number of H-pyrrole nitrogens is 1. The summed E-state index contributed by atoms with van der Waals surface area (Å²) in [4.78, 5) is 25.3. The number of nitrogens with zero attached hydrogens (tertiary/aromatic N) is 3. The van der Waals surface area contributed by atoms with Gasteiger partial charge in [0.25, 0.3) is 5.91 Å². The van der Waals surface area contributed by atoms with Gasteiger partial charge in [0.15, 0.2) is 0 Å². The summed E-state index contributed by atoms with van der Waals surface area (Å²) < 4.78 is 0. The fourth-order valence-corrected chi connectivity index (χ4v) is 4.12. The minimum absolute atomic E-state index is 0.162. The molecule has 2 aromatic heterocycles. The minimum Gasteiger partial charge on any atom is -0.347 e. The molecule has 0 bridgehead atoms. The zero-order valence-electron chi connectivity index (χ0n) is 13.8. The first-order chi connectivity index (χ1) is 11.1. The molecule has 2 aromatic rings. The van der Waals surface area contributed by atoms with E-state index < -0.39 is 0 Å². The van der Waals surface area contributed by atoms with Crippen molar-refractivity contribution in [3.05, 3.63) is 39.6 Å². The van der Waals surface area contributed by atoms with Crippen molar-refractivity contribution in [2.24, 2.45) is 0 Å². The maximum Gasteiger partial charge on any atom is 0.264 e. The van der Waals surface area contributed by atoms with Crippen LogP contribution >= 0.6 is 11.3 Å². The molecule has 6 heteroatoms. The van der Waals surface area contributed by atoms with E-state index in [4.69, 9.17) is 0 Å². The van der Waals surface area contributed by atoms with Crippen molar-refractivity contribution in [3.8, 4) is 0 Å². The van der Waals surface area contributed by atoms with E-state index >= 15 is 0 Å². The fourth-order valence-electron chi connectivity index (χ4n) is 2.99. The normalized spacial score (nSPS) is 14.0. The maximum absolute atomic E-state index is 13.1. The summed E-state index contributed by atoms with van der Waals surface area (Å²) in [6, 6.07) is 0. The Labute approximate surface area is 141 Å². The zero-order valence-corrected chi connectivity index (χ0v) is 14.7. The van der Waals surface area contributed by atoms with Crippen molar-refractivity contribution in [3.63, 3.8) is 0 Å². The third-order valence-electron chi connectivity index (χ3n) is 4.32. The number of aryl methyl sites for hydroxylation is 1. The van der Waals surface area contributed by atoms with Gasteiger partial charge in [-0.3, -0.25) is 4.79 Å². The van der Waals surface area contributed by atoms with Gasteiger partial charge in [-0.05, 0) is 56.3 Å². The van der Waals surface area contributed by atoms with Crippen LogP contribution in [-0.4, -0.2) is 52.9 Å². The minimum atomic E-state index is 0.162. The number of hydrogen-bond acceptors (Lipinski definition) is 4. The smallest absolute Gasteiger partial charge is 0.264 e.